The SMILES string of the molecule is O=C(NC1CC1)c1ccc(F)c(CCl)c1F. The van der Waals surface area contributed by atoms with Gasteiger partial charge in [0.05, 0.1) is 11.4 Å². The molecular formula is C11H10ClF2NO. The molecule has 5 heteroatoms. The van der Waals surface area contributed by atoms with Gasteiger partial charge in [0, 0.05) is 11.6 Å². The first kappa shape index (κ1) is 11.3. The molecule has 2 rings (SSSR count). The van der Waals surface area contributed by atoms with Crippen molar-refractivity contribution in [3.05, 3.63) is 34.9 Å². The second-order valence-corrected chi connectivity index (χ2v) is 4.04. The van der Waals surface area contributed by atoms with Crippen LogP contribution in [0, 0.1) is 11.6 Å². The van der Waals surface area contributed by atoms with Crippen LogP contribution in [-0.4, -0.2) is 11.9 Å². The number of hydrogen-bond donors (Lipinski definition) is 1. The molecule has 1 aliphatic carbocycles. The lowest BCUT2D eigenvalue weighted by Gasteiger charge is -2.07. The molecule has 1 saturated carbocycles. The van der Waals surface area contributed by atoms with Gasteiger partial charge in [0.25, 0.3) is 5.91 Å². The van der Waals surface area contributed by atoms with E-state index in [-0.39, 0.29) is 23.0 Å². The molecule has 0 saturated heterocycles. The predicted molar refractivity (Wildman–Crippen MR) is 56.4 cm³/mol. The van der Waals surface area contributed by atoms with Crippen LogP contribution in [0.1, 0.15) is 28.8 Å². The van der Waals surface area contributed by atoms with E-state index in [1.807, 2.05) is 0 Å². The zero-order chi connectivity index (χ0) is 11.7. The molecule has 1 aromatic rings. The quantitative estimate of drug-likeness (QED) is 0.815. The number of benzene rings is 1. The highest BCUT2D eigenvalue weighted by molar-refractivity contribution is 6.17. The van der Waals surface area contributed by atoms with Crippen molar-refractivity contribution >= 4 is 17.5 Å². The topological polar surface area (TPSA) is 29.1 Å². The molecular weight excluding hydrogens is 236 g/mol. The molecule has 0 bridgehead atoms. The van der Waals surface area contributed by atoms with Gasteiger partial charge in [-0.3, -0.25) is 4.79 Å². The third-order valence-electron chi connectivity index (χ3n) is 2.48. The number of halogens is 3. The van der Waals surface area contributed by atoms with Crippen LogP contribution in [0.15, 0.2) is 12.1 Å². The summed E-state index contributed by atoms with van der Waals surface area (Å²) in [6.45, 7) is 0. The Labute approximate surface area is 96.6 Å². The Morgan fingerprint density at radius 3 is 2.69 bits per heavy atom. The first-order valence-corrected chi connectivity index (χ1v) is 5.50. The van der Waals surface area contributed by atoms with Gasteiger partial charge >= 0.3 is 0 Å². The van der Waals surface area contributed by atoms with Crippen LogP contribution in [0.2, 0.25) is 0 Å². The number of nitrogens with one attached hydrogen (secondary N) is 1. The number of rotatable bonds is 3. The zero-order valence-corrected chi connectivity index (χ0v) is 9.15. The van der Waals surface area contributed by atoms with E-state index in [2.05, 4.69) is 5.32 Å². The fourth-order valence-corrected chi connectivity index (χ4v) is 1.63. The van der Waals surface area contributed by atoms with Crippen LogP contribution in [0.3, 0.4) is 0 Å². The van der Waals surface area contributed by atoms with Crippen molar-refractivity contribution in [3.8, 4) is 0 Å². The summed E-state index contributed by atoms with van der Waals surface area (Å²) in [5.74, 6) is -2.39. The lowest BCUT2D eigenvalue weighted by atomic mass is 10.1. The van der Waals surface area contributed by atoms with Crippen LogP contribution in [0.4, 0.5) is 8.78 Å². The fourth-order valence-electron chi connectivity index (χ4n) is 1.39. The second kappa shape index (κ2) is 4.37. The first-order valence-electron chi connectivity index (χ1n) is 4.97. The highest BCUT2D eigenvalue weighted by Gasteiger charge is 2.26. The molecule has 1 aromatic carbocycles. The molecule has 0 radical (unpaired) electrons. The summed E-state index contributed by atoms with van der Waals surface area (Å²) in [6.07, 6.45) is 1.83. The highest BCUT2D eigenvalue weighted by atomic mass is 35.5. The molecule has 1 fully saturated rings. The maximum atomic E-state index is 13.7. The molecule has 1 aliphatic rings. The number of amides is 1. The first-order chi connectivity index (χ1) is 7.63. The van der Waals surface area contributed by atoms with Crippen LogP contribution in [0.25, 0.3) is 0 Å². The predicted octanol–water partition coefficient (Wildman–Crippen LogP) is 2.60. The summed E-state index contributed by atoms with van der Waals surface area (Å²) in [6, 6.07) is 2.33. The van der Waals surface area contributed by atoms with Gasteiger partial charge in [-0.15, -0.1) is 11.6 Å². The van der Waals surface area contributed by atoms with Crippen molar-refractivity contribution in [1.82, 2.24) is 5.32 Å². The third-order valence-corrected chi connectivity index (χ3v) is 2.74. The fraction of sp³-hybridized carbons (Fsp3) is 0.364. The summed E-state index contributed by atoms with van der Waals surface area (Å²) in [4.78, 5) is 11.6. The zero-order valence-electron chi connectivity index (χ0n) is 8.40. The van der Waals surface area contributed by atoms with Gasteiger partial charge in [-0.2, -0.15) is 0 Å². The van der Waals surface area contributed by atoms with Gasteiger partial charge in [-0.05, 0) is 25.0 Å². The van der Waals surface area contributed by atoms with Crippen molar-refractivity contribution in [2.45, 2.75) is 24.8 Å². The summed E-state index contributed by atoms with van der Waals surface area (Å²) < 4.78 is 26.8. The molecule has 0 spiro atoms. The third kappa shape index (κ3) is 2.16. The van der Waals surface area contributed by atoms with Crippen molar-refractivity contribution in [1.29, 1.82) is 0 Å². The van der Waals surface area contributed by atoms with Gasteiger partial charge in [0.15, 0.2) is 0 Å². The van der Waals surface area contributed by atoms with Crippen molar-refractivity contribution in [3.63, 3.8) is 0 Å². The van der Waals surface area contributed by atoms with Gasteiger partial charge in [0.2, 0.25) is 0 Å². The average molecular weight is 246 g/mol. The van der Waals surface area contributed by atoms with Crippen molar-refractivity contribution < 1.29 is 13.6 Å². The van der Waals surface area contributed by atoms with E-state index in [1.54, 1.807) is 0 Å². The number of hydrogen-bond acceptors (Lipinski definition) is 1. The number of carbonyl (C=O) groups excluding carboxylic acids is 1. The van der Waals surface area contributed by atoms with E-state index in [0.29, 0.717) is 0 Å². The Morgan fingerprint density at radius 2 is 2.12 bits per heavy atom. The van der Waals surface area contributed by atoms with Crippen LogP contribution >= 0.6 is 11.6 Å². The molecule has 1 N–H and O–H groups in total. The normalized spacial score (nSPS) is 14.9. The average Bonchev–Trinajstić information content (AvgIpc) is 3.02. The van der Waals surface area contributed by atoms with Crippen molar-refractivity contribution in [2.24, 2.45) is 0 Å². The van der Waals surface area contributed by atoms with E-state index in [4.69, 9.17) is 11.6 Å². The van der Waals surface area contributed by atoms with Gasteiger partial charge in [0.1, 0.15) is 11.6 Å². The van der Waals surface area contributed by atoms with Crippen LogP contribution < -0.4 is 5.32 Å². The maximum Gasteiger partial charge on any atom is 0.254 e. The minimum Gasteiger partial charge on any atom is -0.349 e. The molecule has 0 atom stereocenters. The Bertz CT molecular complexity index is 432. The van der Waals surface area contributed by atoms with Crippen LogP contribution in [0.5, 0.6) is 0 Å². The second-order valence-electron chi connectivity index (χ2n) is 3.77. The molecule has 0 aliphatic heterocycles. The van der Waals surface area contributed by atoms with Crippen molar-refractivity contribution in [2.75, 3.05) is 0 Å². The van der Waals surface area contributed by atoms with E-state index < -0.39 is 17.5 Å². The van der Waals surface area contributed by atoms with Gasteiger partial charge < -0.3 is 5.32 Å². The van der Waals surface area contributed by atoms with E-state index in [1.165, 1.54) is 0 Å². The highest BCUT2D eigenvalue weighted by Crippen LogP contribution is 2.22. The standard InChI is InChI=1S/C11H10ClF2NO/c12-5-8-9(13)4-3-7(10(8)14)11(16)15-6-1-2-6/h3-4,6H,1-2,5H2,(H,15,16). The number of alkyl halides is 1. The van der Waals surface area contributed by atoms with Crippen LogP contribution in [-0.2, 0) is 5.88 Å². The monoisotopic (exact) mass is 245 g/mol. The summed E-state index contributed by atoms with van der Waals surface area (Å²) in [5.41, 5.74) is -0.408. The van der Waals surface area contributed by atoms with E-state index in [0.717, 1.165) is 25.0 Å². The Hall–Kier alpha value is -1.16. The molecule has 86 valence electrons. The van der Waals surface area contributed by atoms with E-state index >= 15 is 0 Å². The minimum absolute atomic E-state index is 0.136. The summed E-state index contributed by atoms with van der Waals surface area (Å²) >= 11 is 5.42. The summed E-state index contributed by atoms with van der Waals surface area (Å²) in [7, 11) is 0. The Balaban J connectivity index is 2.29. The smallest absolute Gasteiger partial charge is 0.254 e. The van der Waals surface area contributed by atoms with Gasteiger partial charge in [-0.1, -0.05) is 0 Å². The molecule has 0 aromatic heterocycles. The number of carbonyl (C=O) groups is 1. The Kier molecular flexibility index (Phi) is 3.10. The van der Waals surface area contributed by atoms with Gasteiger partial charge in [-0.25, -0.2) is 8.78 Å². The summed E-state index contributed by atoms with van der Waals surface area (Å²) in [5, 5.41) is 2.64. The Morgan fingerprint density at radius 1 is 1.44 bits per heavy atom. The minimum atomic E-state index is -0.867. The lowest BCUT2D eigenvalue weighted by molar-refractivity contribution is 0.0946. The molecule has 1 amide bonds. The molecule has 0 unspecified atom stereocenters. The largest absolute Gasteiger partial charge is 0.349 e. The maximum absolute atomic E-state index is 13.7. The lowest BCUT2D eigenvalue weighted by Crippen LogP contribution is -2.26. The molecule has 0 heterocycles. The molecule has 2 nitrogen and oxygen atoms in total. The molecule has 16 heavy (non-hydrogen) atoms. The van der Waals surface area contributed by atoms with E-state index in [9.17, 15) is 13.6 Å².